The number of carbonyl (C=O) groups is 1. The SMILES string of the molecule is Cc1nc(CCN=C(N)N2CCN(C(=O)OC(C)(C)C)CC2)cs1.I. The Morgan fingerprint density at radius 2 is 1.92 bits per heavy atom. The van der Waals surface area contributed by atoms with Crippen LogP contribution in [-0.2, 0) is 11.2 Å². The van der Waals surface area contributed by atoms with Crippen molar-refractivity contribution in [2.24, 2.45) is 10.7 Å². The van der Waals surface area contributed by atoms with Gasteiger partial charge < -0.3 is 20.3 Å². The zero-order valence-corrected chi connectivity index (χ0v) is 18.5. The van der Waals surface area contributed by atoms with Gasteiger partial charge in [0.1, 0.15) is 5.60 Å². The number of hydrogen-bond donors (Lipinski definition) is 1. The van der Waals surface area contributed by atoms with Crippen molar-refractivity contribution in [2.45, 2.75) is 39.7 Å². The first-order valence-corrected chi connectivity index (χ1v) is 9.06. The third kappa shape index (κ3) is 7.35. The van der Waals surface area contributed by atoms with Crippen LogP contribution in [0, 0.1) is 6.92 Å². The van der Waals surface area contributed by atoms with Crippen LogP contribution < -0.4 is 5.73 Å². The summed E-state index contributed by atoms with van der Waals surface area (Å²) in [4.78, 5) is 24.6. The summed E-state index contributed by atoms with van der Waals surface area (Å²) in [5.74, 6) is 0.533. The lowest BCUT2D eigenvalue weighted by atomic mass is 10.2. The zero-order chi connectivity index (χ0) is 17.7. The van der Waals surface area contributed by atoms with Crippen LogP contribution in [0.1, 0.15) is 31.5 Å². The Morgan fingerprint density at radius 3 is 2.44 bits per heavy atom. The monoisotopic (exact) mass is 481 g/mol. The number of aliphatic imine (C=N–C) groups is 1. The van der Waals surface area contributed by atoms with Crippen LogP contribution in [0.2, 0.25) is 0 Å². The molecule has 0 aromatic carbocycles. The van der Waals surface area contributed by atoms with Crippen LogP contribution >= 0.6 is 35.3 Å². The molecule has 1 fully saturated rings. The molecule has 1 amide bonds. The van der Waals surface area contributed by atoms with Gasteiger partial charge >= 0.3 is 6.09 Å². The van der Waals surface area contributed by atoms with Crippen molar-refractivity contribution in [3.05, 3.63) is 16.1 Å². The second-order valence-corrected chi connectivity index (χ2v) is 7.86. The van der Waals surface area contributed by atoms with Crippen LogP contribution in [0.15, 0.2) is 10.4 Å². The van der Waals surface area contributed by atoms with E-state index in [9.17, 15) is 4.79 Å². The van der Waals surface area contributed by atoms with Gasteiger partial charge in [-0.25, -0.2) is 9.78 Å². The lowest BCUT2D eigenvalue weighted by molar-refractivity contribution is 0.0186. The van der Waals surface area contributed by atoms with Gasteiger partial charge in [-0.3, -0.25) is 4.99 Å². The average molecular weight is 481 g/mol. The molecule has 1 aromatic rings. The minimum Gasteiger partial charge on any atom is -0.444 e. The fourth-order valence-electron chi connectivity index (χ4n) is 2.35. The van der Waals surface area contributed by atoms with E-state index in [1.54, 1.807) is 16.2 Å². The van der Waals surface area contributed by atoms with Gasteiger partial charge in [0.05, 0.1) is 10.7 Å². The second-order valence-electron chi connectivity index (χ2n) is 6.80. The molecule has 1 aliphatic rings. The van der Waals surface area contributed by atoms with E-state index in [-0.39, 0.29) is 30.1 Å². The van der Waals surface area contributed by atoms with Gasteiger partial charge in [0.15, 0.2) is 5.96 Å². The number of guanidine groups is 1. The molecule has 2 rings (SSSR count). The summed E-state index contributed by atoms with van der Waals surface area (Å²) in [5.41, 5.74) is 6.65. The fourth-order valence-corrected chi connectivity index (χ4v) is 3.00. The maximum atomic E-state index is 12.0. The topological polar surface area (TPSA) is 84.0 Å². The van der Waals surface area contributed by atoms with E-state index in [2.05, 4.69) is 15.4 Å². The van der Waals surface area contributed by atoms with Gasteiger partial charge in [0.25, 0.3) is 0 Å². The molecule has 1 aliphatic heterocycles. The van der Waals surface area contributed by atoms with E-state index < -0.39 is 5.60 Å². The number of hydrogen-bond acceptors (Lipinski definition) is 5. The van der Waals surface area contributed by atoms with Gasteiger partial charge in [-0.1, -0.05) is 0 Å². The predicted octanol–water partition coefficient (Wildman–Crippen LogP) is 2.48. The largest absolute Gasteiger partial charge is 0.444 e. The Balaban J connectivity index is 0.00000312. The molecule has 0 saturated carbocycles. The third-order valence-corrected chi connectivity index (χ3v) is 4.39. The number of nitrogens with two attached hydrogens (primary N) is 1. The molecule has 142 valence electrons. The molecule has 0 unspecified atom stereocenters. The molecule has 0 bridgehead atoms. The molecule has 0 radical (unpaired) electrons. The molecule has 0 spiro atoms. The second kappa shape index (κ2) is 9.56. The van der Waals surface area contributed by atoms with Gasteiger partial charge in [-0.15, -0.1) is 35.3 Å². The van der Waals surface area contributed by atoms with Crippen LogP contribution in [0.5, 0.6) is 0 Å². The number of aromatic nitrogens is 1. The van der Waals surface area contributed by atoms with Crippen LogP contribution in [-0.4, -0.2) is 65.2 Å². The van der Waals surface area contributed by atoms with Gasteiger partial charge in [-0.05, 0) is 27.7 Å². The molecule has 2 N–H and O–H groups in total. The molecular formula is C16H28IN5O2S. The summed E-state index contributed by atoms with van der Waals surface area (Å²) in [7, 11) is 0. The third-order valence-electron chi connectivity index (χ3n) is 3.56. The Kier molecular flexibility index (Phi) is 8.39. The van der Waals surface area contributed by atoms with Crippen molar-refractivity contribution >= 4 is 47.4 Å². The lowest BCUT2D eigenvalue weighted by Crippen LogP contribution is -2.53. The molecule has 1 aromatic heterocycles. The van der Waals surface area contributed by atoms with E-state index in [1.165, 1.54) is 0 Å². The number of aryl methyl sites for hydroxylation is 1. The molecule has 0 atom stereocenters. The van der Waals surface area contributed by atoms with Crippen molar-refractivity contribution in [2.75, 3.05) is 32.7 Å². The number of amides is 1. The number of thiazole rings is 1. The quantitative estimate of drug-likeness (QED) is 0.408. The Bertz CT molecular complexity index is 592. The fraction of sp³-hybridized carbons (Fsp3) is 0.688. The van der Waals surface area contributed by atoms with E-state index in [0.29, 0.717) is 38.7 Å². The zero-order valence-electron chi connectivity index (χ0n) is 15.3. The maximum absolute atomic E-state index is 12.0. The summed E-state index contributed by atoms with van der Waals surface area (Å²) in [6.45, 7) is 10.8. The number of piperazine rings is 1. The number of halogens is 1. The molecule has 7 nitrogen and oxygen atoms in total. The number of nitrogens with zero attached hydrogens (tertiary/aromatic N) is 4. The molecular weight excluding hydrogens is 453 g/mol. The minimum atomic E-state index is -0.469. The molecule has 25 heavy (non-hydrogen) atoms. The molecule has 2 heterocycles. The first kappa shape index (κ1) is 21.9. The van der Waals surface area contributed by atoms with Crippen molar-refractivity contribution in [3.63, 3.8) is 0 Å². The smallest absolute Gasteiger partial charge is 0.410 e. The highest BCUT2D eigenvalue weighted by atomic mass is 127. The molecule has 1 saturated heterocycles. The van der Waals surface area contributed by atoms with Crippen LogP contribution in [0.3, 0.4) is 0 Å². The Morgan fingerprint density at radius 1 is 1.32 bits per heavy atom. The van der Waals surface area contributed by atoms with Crippen molar-refractivity contribution in [1.82, 2.24) is 14.8 Å². The van der Waals surface area contributed by atoms with Gasteiger partial charge in [0.2, 0.25) is 0 Å². The lowest BCUT2D eigenvalue weighted by Gasteiger charge is -2.36. The number of carbonyl (C=O) groups excluding carboxylic acids is 1. The summed E-state index contributed by atoms with van der Waals surface area (Å²) in [6, 6.07) is 0. The van der Waals surface area contributed by atoms with Crippen LogP contribution in [0.4, 0.5) is 4.79 Å². The summed E-state index contributed by atoms with van der Waals surface area (Å²) in [5, 5.41) is 3.13. The predicted molar refractivity (Wildman–Crippen MR) is 112 cm³/mol. The first-order valence-electron chi connectivity index (χ1n) is 8.18. The van der Waals surface area contributed by atoms with E-state index in [0.717, 1.165) is 17.1 Å². The Labute approximate surface area is 170 Å². The highest BCUT2D eigenvalue weighted by Crippen LogP contribution is 2.12. The summed E-state index contributed by atoms with van der Waals surface area (Å²) >= 11 is 1.65. The van der Waals surface area contributed by atoms with Crippen molar-refractivity contribution in [3.8, 4) is 0 Å². The molecule has 9 heteroatoms. The van der Waals surface area contributed by atoms with E-state index in [1.807, 2.05) is 32.6 Å². The van der Waals surface area contributed by atoms with Crippen LogP contribution in [0.25, 0.3) is 0 Å². The average Bonchev–Trinajstić information content (AvgIpc) is 2.91. The van der Waals surface area contributed by atoms with Gasteiger partial charge in [0, 0.05) is 44.5 Å². The van der Waals surface area contributed by atoms with E-state index >= 15 is 0 Å². The highest BCUT2D eigenvalue weighted by molar-refractivity contribution is 14.0. The highest BCUT2D eigenvalue weighted by Gasteiger charge is 2.26. The summed E-state index contributed by atoms with van der Waals surface area (Å²) in [6.07, 6.45) is 0.527. The van der Waals surface area contributed by atoms with Gasteiger partial charge in [-0.2, -0.15) is 0 Å². The number of ether oxygens (including phenoxy) is 1. The maximum Gasteiger partial charge on any atom is 0.410 e. The summed E-state index contributed by atoms with van der Waals surface area (Å²) < 4.78 is 5.39. The normalized spacial score (nSPS) is 15.8. The number of rotatable bonds is 3. The van der Waals surface area contributed by atoms with E-state index in [4.69, 9.17) is 10.5 Å². The Hall–Kier alpha value is -1.10. The van der Waals surface area contributed by atoms with Crippen molar-refractivity contribution in [1.29, 1.82) is 0 Å². The standard InChI is InChI=1S/C16H27N5O2S.HI/c1-12-19-13(11-24-12)5-6-18-14(17)20-7-9-21(10-8-20)15(22)23-16(2,3)4;/h11H,5-10H2,1-4H3,(H2,17,18);1H. The minimum absolute atomic E-state index is 0. The van der Waals surface area contributed by atoms with Crippen molar-refractivity contribution < 1.29 is 9.53 Å². The first-order chi connectivity index (χ1) is 11.2. The molecule has 0 aliphatic carbocycles.